The number of imide groups is 1. The van der Waals surface area contributed by atoms with Crippen molar-refractivity contribution in [1.82, 2.24) is 20.0 Å². The van der Waals surface area contributed by atoms with Gasteiger partial charge in [-0.1, -0.05) is 34.1 Å². The average molecular weight is 488 g/mol. The van der Waals surface area contributed by atoms with Crippen molar-refractivity contribution in [3.63, 3.8) is 0 Å². The van der Waals surface area contributed by atoms with Crippen molar-refractivity contribution in [2.75, 3.05) is 25.0 Å². The second kappa shape index (κ2) is 7.89. The molecule has 0 saturated carbocycles. The number of carbonyl (C=O) groups excluding carboxylic acids is 2. The molecule has 3 unspecified atom stereocenters. The number of nitrogens with one attached hydrogen (secondary N) is 1. The van der Waals surface area contributed by atoms with Crippen LogP contribution in [0, 0.1) is 5.82 Å². The number of urea groups is 1. The van der Waals surface area contributed by atoms with E-state index in [-0.39, 0.29) is 18.7 Å². The summed E-state index contributed by atoms with van der Waals surface area (Å²) in [7, 11) is 1.69. The van der Waals surface area contributed by atoms with Gasteiger partial charge < -0.3 is 9.80 Å². The molecule has 2 aromatic rings. The van der Waals surface area contributed by atoms with Gasteiger partial charge in [-0.25, -0.2) is 9.18 Å². The number of likely N-dealkylation sites (N-methyl/N-ethyl adjacent to an activating group) is 1. The lowest BCUT2D eigenvalue weighted by Gasteiger charge is -2.43. The van der Waals surface area contributed by atoms with Gasteiger partial charge in [0, 0.05) is 35.9 Å². The number of benzene rings is 2. The van der Waals surface area contributed by atoms with Crippen molar-refractivity contribution in [2.45, 2.75) is 31.5 Å². The Hall–Kier alpha value is -2.49. The standard InChI is InChI=1S/C22H23BrFN5O2/c1-26-19-18(20(30)29(22(26)31)13-14-5-2-3-6-17(14)24)28-12-4-11-27(21(28)25-19)16-9-7-15(23)8-10-16/h2-3,5-10,18-19,21,25H,4,11-13H2,1H3. The first kappa shape index (κ1) is 20.4. The van der Waals surface area contributed by atoms with Gasteiger partial charge in [-0.05, 0) is 36.8 Å². The summed E-state index contributed by atoms with van der Waals surface area (Å²) in [5, 5.41) is 3.49. The normalized spacial score (nSPS) is 26.3. The van der Waals surface area contributed by atoms with Crippen LogP contribution in [-0.4, -0.2) is 65.3 Å². The molecule has 162 valence electrons. The summed E-state index contributed by atoms with van der Waals surface area (Å²) in [5.74, 6) is -0.710. The lowest BCUT2D eigenvalue weighted by Crippen LogP contribution is -2.66. The number of halogens is 2. The molecule has 3 saturated heterocycles. The number of fused-ring (bicyclic) bond motifs is 3. The van der Waals surface area contributed by atoms with E-state index in [9.17, 15) is 14.0 Å². The number of hydrogen-bond acceptors (Lipinski definition) is 5. The molecular weight excluding hydrogens is 465 g/mol. The predicted molar refractivity (Wildman–Crippen MR) is 117 cm³/mol. The number of rotatable bonds is 3. The van der Waals surface area contributed by atoms with Gasteiger partial charge in [-0.2, -0.15) is 0 Å². The van der Waals surface area contributed by atoms with Gasteiger partial charge in [0.1, 0.15) is 24.3 Å². The van der Waals surface area contributed by atoms with Crippen molar-refractivity contribution in [1.29, 1.82) is 0 Å². The van der Waals surface area contributed by atoms with Crippen LogP contribution >= 0.6 is 15.9 Å². The van der Waals surface area contributed by atoms with E-state index in [1.165, 1.54) is 11.0 Å². The lowest BCUT2D eigenvalue weighted by atomic mass is 10.1. The van der Waals surface area contributed by atoms with Crippen LogP contribution in [0.1, 0.15) is 12.0 Å². The summed E-state index contributed by atoms with van der Waals surface area (Å²) >= 11 is 3.47. The van der Waals surface area contributed by atoms with Gasteiger partial charge in [0.05, 0.1) is 6.54 Å². The van der Waals surface area contributed by atoms with E-state index in [4.69, 9.17) is 0 Å². The molecule has 3 aliphatic rings. The first-order chi connectivity index (χ1) is 15.0. The van der Waals surface area contributed by atoms with E-state index in [2.05, 4.69) is 31.0 Å². The Morgan fingerprint density at radius 3 is 2.58 bits per heavy atom. The third kappa shape index (κ3) is 3.40. The highest BCUT2D eigenvalue weighted by atomic mass is 79.9. The van der Waals surface area contributed by atoms with Gasteiger partial charge in [0.25, 0.3) is 5.91 Å². The van der Waals surface area contributed by atoms with Crippen LogP contribution in [-0.2, 0) is 11.3 Å². The molecule has 31 heavy (non-hydrogen) atoms. The minimum absolute atomic E-state index is 0.0766. The fraction of sp³-hybridized carbons (Fsp3) is 0.364. The first-order valence-electron chi connectivity index (χ1n) is 10.3. The Morgan fingerprint density at radius 2 is 1.84 bits per heavy atom. The maximum atomic E-state index is 14.2. The molecule has 0 radical (unpaired) electrons. The van der Waals surface area contributed by atoms with Crippen LogP contribution in [0.2, 0.25) is 0 Å². The van der Waals surface area contributed by atoms with E-state index in [0.717, 1.165) is 29.7 Å². The highest BCUT2D eigenvalue weighted by Gasteiger charge is 2.56. The Labute approximate surface area is 188 Å². The monoisotopic (exact) mass is 487 g/mol. The smallest absolute Gasteiger partial charge is 0.328 e. The molecule has 0 aromatic heterocycles. The quantitative estimate of drug-likeness (QED) is 0.721. The van der Waals surface area contributed by atoms with Crippen LogP contribution in [0.4, 0.5) is 14.9 Å². The zero-order chi connectivity index (χ0) is 21.7. The molecule has 3 heterocycles. The Balaban J connectivity index is 1.44. The second-order valence-corrected chi connectivity index (χ2v) is 9.02. The molecule has 3 amide bonds. The summed E-state index contributed by atoms with van der Waals surface area (Å²) < 4.78 is 15.2. The molecule has 3 aliphatic heterocycles. The predicted octanol–water partition coefficient (Wildman–Crippen LogP) is 2.78. The summed E-state index contributed by atoms with van der Waals surface area (Å²) in [5.41, 5.74) is 1.38. The van der Waals surface area contributed by atoms with Crippen molar-refractivity contribution in [3.05, 3.63) is 64.4 Å². The van der Waals surface area contributed by atoms with Crippen LogP contribution in [0.3, 0.4) is 0 Å². The van der Waals surface area contributed by atoms with Crippen LogP contribution in [0.5, 0.6) is 0 Å². The molecule has 0 spiro atoms. The minimum Gasteiger partial charge on any atom is -0.343 e. The van der Waals surface area contributed by atoms with Crippen molar-refractivity contribution >= 4 is 33.6 Å². The largest absolute Gasteiger partial charge is 0.343 e. The minimum atomic E-state index is -0.516. The Morgan fingerprint density at radius 1 is 1.10 bits per heavy atom. The van der Waals surface area contributed by atoms with Crippen molar-refractivity contribution in [3.8, 4) is 0 Å². The third-order valence-electron chi connectivity index (χ3n) is 6.31. The van der Waals surface area contributed by atoms with Gasteiger partial charge in [0.15, 0.2) is 0 Å². The van der Waals surface area contributed by atoms with Crippen LogP contribution in [0.15, 0.2) is 53.0 Å². The van der Waals surface area contributed by atoms with Gasteiger partial charge >= 0.3 is 6.03 Å². The zero-order valence-corrected chi connectivity index (χ0v) is 18.6. The molecule has 2 aromatic carbocycles. The van der Waals surface area contributed by atoms with Crippen molar-refractivity contribution < 1.29 is 14.0 Å². The highest BCUT2D eigenvalue weighted by Crippen LogP contribution is 2.34. The Kier molecular flexibility index (Phi) is 5.19. The second-order valence-electron chi connectivity index (χ2n) is 8.10. The molecule has 0 bridgehead atoms. The maximum Gasteiger partial charge on any atom is 0.328 e. The highest BCUT2D eigenvalue weighted by molar-refractivity contribution is 9.10. The number of anilines is 1. The molecule has 3 atom stereocenters. The van der Waals surface area contributed by atoms with Gasteiger partial charge in [-0.15, -0.1) is 0 Å². The number of nitrogens with zero attached hydrogens (tertiary/aromatic N) is 4. The van der Waals surface area contributed by atoms with E-state index in [0.29, 0.717) is 5.56 Å². The molecule has 1 N–H and O–H groups in total. The number of amides is 3. The fourth-order valence-corrected chi connectivity index (χ4v) is 5.02. The lowest BCUT2D eigenvalue weighted by molar-refractivity contribution is -0.139. The average Bonchev–Trinajstić information content (AvgIpc) is 3.17. The van der Waals surface area contributed by atoms with E-state index in [1.807, 2.05) is 24.3 Å². The van der Waals surface area contributed by atoms with E-state index < -0.39 is 24.1 Å². The summed E-state index contributed by atoms with van der Waals surface area (Å²) in [6, 6.07) is 13.4. The summed E-state index contributed by atoms with van der Waals surface area (Å²) in [6.45, 7) is 1.51. The molecule has 7 nitrogen and oxygen atoms in total. The molecule has 0 aliphatic carbocycles. The van der Waals surface area contributed by atoms with E-state index >= 15 is 0 Å². The van der Waals surface area contributed by atoms with Gasteiger partial charge in [0.2, 0.25) is 0 Å². The first-order valence-corrected chi connectivity index (χ1v) is 11.1. The maximum absolute atomic E-state index is 14.2. The molecule has 5 rings (SSSR count). The van der Waals surface area contributed by atoms with Gasteiger partial charge in [-0.3, -0.25) is 19.9 Å². The third-order valence-corrected chi connectivity index (χ3v) is 6.84. The zero-order valence-electron chi connectivity index (χ0n) is 17.0. The van der Waals surface area contributed by atoms with Crippen molar-refractivity contribution in [2.24, 2.45) is 0 Å². The summed E-state index contributed by atoms with van der Waals surface area (Å²) in [6.07, 6.45) is 0.269. The van der Waals surface area contributed by atoms with Crippen LogP contribution in [0.25, 0.3) is 0 Å². The molecule has 9 heteroatoms. The molecular formula is C22H23BrFN5O2. The van der Waals surface area contributed by atoms with Crippen LogP contribution < -0.4 is 10.2 Å². The fourth-order valence-electron chi connectivity index (χ4n) is 4.76. The Bertz CT molecular complexity index is 1020. The number of carbonyl (C=O) groups is 2. The SMILES string of the molecule is CN1C(=O)N(Cc2ccccc2F)C(=O)C2C1NC1N(c3ccc(Br)cc3)CCCN21. The number of hydrogen-bond donors (Lipinski definition) is 1. The topological polar surface area (TPSA) is 59.1 Å². The molecule has 3 fully saturated rings. The van der Waals surface area contributed by atoms with E-state index in [1.54, 1.807) is 30.1 Å². The summed E-state index contributed by atoms with van der Waals surface area (Å²) in [4.78, 5) is 33.6.